The molecule has 0 saturated carbocycles. The first kappa shape index (κ1) is 14.7. The van der Waals surface area contributed by atoms with Crippen LogP contribution in [0.25, 0.3) is 0 Å². The average Bonchev–Trinajstić information content (AvgIpc) is 2.41. The predicted octanol–water partition coefficient (Wildman–Crippen LogP) is 4.88. The number of carbonyl (C=O) groups excluding carboxylic acids is 1. The molecule has 98 valence electrons. The largest absolute Gasteiger partial charge is 0.465 e. The summed E-state index contributed by atoms with van der Waals surface area (Å²) in [6.07, 6.45) is 0. The molecule has 5 heteroatoms. The van der Waals surface area contributed by atoms with Crippen molar-refractivity contribution < 1.29 is 9.53 Å². The van der Waals surface area contributed by atoms with Crippen molar-refractivity contribution in [3.63, 3.8) is 0 Å². The van der Waals surface area contributed by atoms with Gasteiger partial charge in [-0.3, -0.25) is 0 Å². The van der Waals surface area contributed by atoms with E-state index in [-0.39, 0.29) is 5.97 Å². The smallest absolute Gasteiger partial charge is 0.338 e. The molecule has 0 aliphatic heterocycles. The molecule has 0 heterocycles. The molecule has 0 unspecified atom stereocenters. The number of esters is 1. The van der Waals surface area contributed by atoms with Crippen LogP contribution in [0.15, 0.2) is 52.3 Å². The summed E-state index contributed by atoms with van der Waals surface area (Å²) >= 11 is 9.61. The van der Waals surface area contributed by atoms with Gasteiger partial charge < -0.3 is 4.74 Å². The molecule has 0 fully saturated rings. The van der Waals surface area contributed by atoms with Gasteiger partial charge in [0.05, 0.1) is 12.7 Å². The number of ether oxygens (including phenoxy) is 1. The molecular formula is C14H10ClIO2S. The number of carbonyl (C=O) groups is 1. The van der Waals surface area contributed by atoms with Crippen LogP contribution in [0.5, 0.6) is 0 Å². The van der Waals surface area contributed by atoms with Gasteiger partial charge in [0.15, 0.2) is 0 Å². The van der Waals surface area contributed by atoms with Crippen molar-refractivity contribution in [2.75, 3.05) is 7.11 Å². The minimum absolute atomic E-state index is 0.313. The third-order valence-electron chi connectivity index (χ3n) is 2.40. The van der Waals surface area contributed by atoms with Crippen LogP contribution in [0.4, 0.5) is 0 Å². The topological polar surface area (TPSA) is 26.3 Å². The molecule has 2 nitrogen and oxygen atoms in total. The van der Waals surface area contributed by atoms with E-state index >= 15 is 0 Å². The fourth-order valence-electron chi connectivity index (χ4n) is 1.47. The van der Waals surface area contributed by atoms with Gasteiger partial charge in [0, 0.05) is 18.4 Å². The molecule has 0 N–H and O–H groups in total. The fourth-order valence-corrected chi connectivity index (χ4v) is 3.40. The summed E-state index contributed by atoms with van der Waals surface area (Å²) < 4.78 is 5.60. The van der Waals surface area contributed by atoms with Crippen molar-refractivity contribution in [1.82, 2.24) is 0 Å². The van der Waals surface area contributed by atoms with E-state index in [4.69, 9.17) is 16.3 Å². The van der Waals surface area contributed by atoms with E-state index < -0.39 is 0 Å². The Morgan fingerprint density at radius 2 is 1.79 bits per heavy atom. The van der Waals surface area contributed by atoms with E-state index in [0.29, 0.717) is 5.56 Å². The molecule has 0 spiro atoms. The summed E-state index contributed by atoms with van der Waals surface area (Å²) in [4.78, 5) is 13.7. The molecule has 2 aromatic rings. The molecule has 2 rings (SSSR count). The Labute approximate surface area is 134 Å². The van der Waals surface area contributed by atoms with E-state index in [1.165, 1.54) is 7.11 Å². The highest BCUT2D eigenvalue weighted by Gasteiger charge is 2.10. The Morgan fingerprint density at radius 1 is 1.16 bits per heavy atom. The minimum Gasteiger partial charge on any atom is -0.465 e. The third kappa shape index (κ3) is 3.87. The Bertz CT molecular complexity index is 599. The molecule has 0 aliphatic carbocycles. The highest BCUT2D eigenvalue weighted by Crippen LogP contribution is 2.30. The zero-order valence-corrected chi connectivity index (χ0v) is 13.8. The molecule has 19 heavy (non-hydrogen) atoms. The lowest BCUT2D eigenvalue weighted by molar-refractivity contribution is 0.0599. The first-order chi connectivity index (χ1) is 9.10. The van der Waals surface area contributed by atoms with Crippen LogP contribution in [0.3, 0.4) is 0 Å². The van der Waals surface area contributed by atoms with Gasteiger partial charge in [0.2, 0.25) is 0 Å². The maximum Gasteiger partial charge on any atom is 0.338 e. The van der Waals surface area contributed by atoms with Crippen LogP contribution in [0.2, 0.25) is 5.02 Å². The number of benzene rings is 2. The Balaban J connectivity index is 2.20. The van der Waals surface area contributed by atoms with Gasteiger partial charge >= 0.3 is 5.97 Å². The Hall–Kier alpha value is -0.720. The second-order valence-corrected chi connectivity index (χ2v) is 6.43. The molecule has 0 radical (unpaired) electrons. The van der Waals surface area contributed by atoms with E-state index in [2.05, 4.69) is 22.6 Å². The fraction of sp³-hybridized carbons (Fsp3) is 0.0714. The molecule has 0 amide bonds. The van der Waals surface area contributed by atoms with E-state index in [0.717, 1.165) is 18.4 Å². The SMILES string of the molecule is COC(=O)c1ccc(Sc2ccc(Cl)cc2)cc1I. The quantitative estimate of drug-likeness (QED) is 0.538. The van der Waals surface area contributed by atoms with Gasteiger partial charge in [-0.05, 0) is 65.1 Å². The average molecular weight is 405 g/mol. The zero-order chi connectivity index (χ0) is 13.8. The third-order valence-corrected chi connectivity index (χ3v) is 4.54. The molecular weight excluding hydrogens is 395 g/mol. The molecule has 0 atom stereocenters. The first-order valence-corrected chi connectivity index (χ1v) is 7.69. The highest BCUT2D eigenvalue weighted by molar-refractivity contribution is 14.1. The second-order valence-electron chi connectivity index (χ2n) is 3.69. The summed E-state index contributed by atoms with van der Waals surface area (Å²) in [6.45, 7) is 0. The van der Waals surface area contributed by atoms with Gasteiger partial charge in [-0.2, -0.15) is 0 Å². The summed E-state index contributed by atoms with van der Waals surface area (Å²) in [7, 11) is 1.38. The van der Waals surface area contributed by atoms with E-state index in [9.17, 15) is 4.79 Å². The van der Waals surface area contributed by atoms with Crippen molar-refractivity contribution in [1.29, 1.82) is 0 Å². The monoisotopic (exact) mass is 404 g/mol. The van der Waals surface area contributed by atoms with Crippen LogP contribution < -0.4 is 0 Å². The first-order valence-electron chi connectivity index (χ1n) is 5.41. The van der Waals surface area contributed by atoms with Gasteiger partial charge in [0.25, 0.3) is 0 Å². The van der Waals surface area contributed by atoms with Crippen molar-refractivity contribution >= 4 is 51.9 Å². The number of hydrogen-bond acceptors (Lipinski definition) is 3. The van der Waals surface area contributed by atoms with E-state index in [1.807, 2.05) is 36.4 Å². The Morgan fingerprint density at radius 3 is 2.37 bits per heavy atom. The Kier molecular flexibility index (Phi) is 5.13. The van der Waals surface area contributed by atoms with Crippen LogP contribution >= 0.6 is 46.0 Å². The van der Waals surface area contributed by atoms with Crippen LogP contribution in [-0.4, -0.2) is 13.1 Å². The number of halogens is 2. The maximum atomic E-state index is 11.5. The normalized spacial score (nSPS) is 10.3. The van der Waals surface area contributed by atoms with Crippen LogP contribution in [0.1, 0.15) is 10.4 Å². The lowest BCUT2D eigenvalue weighted by Crippen LogP contribution is -2.03. The van der Waals surface area contributed by atoms with Gasteiger partial charge in [-0.1, -0.05) is 23.4 Å². The molecule has 2 aromatic carbocycles. The number of methoxy groups -OCH3 is 1. The highest BCUT2D eigenvalue weighted by atomic mass is 127. The standard InChI is InChI=1S/C14H10ClIO2S/c1-18-14(17)12-7-6-11(8-13(12)16)19-10-4-2-9(15)3-5-10/h2-8H,1H3. The summed E-state index contributed by atoms with van der Waals surface area (Å²) in [5.74, 6) is -0.313. The van der Waals surface area contributed by atoms with Crippen molar-refractivity contribution in [2.24, 2.45) is 0 Å². The summed E-state index contributed by atoms with van der Waals surface area (Å²) in [5, 5.41) is 0.722. The van der Waals surface area contributed by atoms with E-state index in [1.54, 1.807) is 17.8 Å². The molecule has 0 saturated heterocycles. The minimum atomic E-state index is -0.313. The van der Waals surface area contributed by atoms with Gasteiger partial charge in [-0.15, -0.1) is 0 Å². The summed E-state index contributed by atoms with van der Waals surface area (Å²) in [6, 6.07) is 13.3. The molecule has 0 bridgehead atoms. The van der Waals surface area contributed by atoms with Crippen molar-refractivity contribution in [3.05, 3.63) is 56.6 Å². The molecule has 0 aromatic heterocycles. The zero-order valence-electron chi connectivity index (χ0n) is 10.0. The van der Waals surface area contributed by atoms with Crippen molar-refractivity contribution in [2.45, 2.75) is 9.79 Å². The predicted molar refractivity (Wildman–Crippen MR) is 86.1 cm³/mol. The van der Waals surface area contributed by atoms with Crippen LogP contribution in [0, 0.1) is 3.57 Å². The van der Waals surface area contributed by atoms with Crippen molar-refractivity contribution in [3.8, 4) is 0 Å². The lowest BCUT2D eigenvalue weighted by Gasteiger charge is -2.06. The van der Waals surface area contributed by atoms with Gasteiger partial charge in [-0.25, -0.2) is 4.79 Å². The number of rotatable bonds is 3. The lowest BCUT2D eigenvalue weighted by atomic mass is 10.2. The molecule has 0 aliphatic rings. The summed E-state index contributed by atoms with van der Waals surface area (Å²) in [5.41, 5.74) is 0.587. The van der Waals surface area contributed by atoms with Gasteiger partial charge in [0.1, 0.15) is 0 Å². The maximum absolute atomic E-state index is 11.5. The second kappa shape index (κ2) is 6.63. The number of hydrogen-bond donors (Lipinski definition) is 0. The van der Waals surface area contributed by atoms with Crippen LogP contribution in [-0.2, 0) is 4.74 Å².